The predicted octanol–water partition coefficient (Wildman–Crippen LogP) is 3.91. The Morgan fingerprint density at radius 3 is 2.50 bits per heavy atom. The van der Waals surface area contributed by atoms with Gasteiger partial charge in [0, 0.05) is 18.5 Å². The number of amides is 1. The van der Waals surface area contributed by atoms with Gasteiger partial charge in [-0.2, -0.15) is 5.10 Å². The number of rotatable bonds is 2. The monoisotopic (exact) mass is 348 g/mol. The number of piperidine rings is 1. The van der Waals surface area contributed by atoms with Crippen molar-refractivity contribution in [3.63, 3.8) is 0 Å². The summed E-state index contributed by atoms with van der Waals surface area (Å²) in [6, 6.07) is 11.9. The average molecular weight is 348 g/mol. The number of hydrogen-bond acceptors (Lipinski definition) is 3. The molecule has 5 nitrogen and oxygen atoms in total. The van der Waals surface area contributed by atoms with Crippen LogP contribution in [0.2, 0.25) is 0 Å². The molecule has 26 heavy (non-hydrogen) atoms. The van der Waals surface area contributed by atoms with E-state index in [4.69, 9.17) is 4.98 Å². The molecule has 3 aromatic rings. The Bertz CT molecular complexity index is 953. The van der Waals surface area contributed by atoms with E-state index < -0.39 is 0 Å². The van der Waals surface area contributed by atoms with Crippen LogP contribution in [0.15, 0.2) is 36.4 Å². The van der Waals surface area contributed by atoms with E-state index >= 15 is 0 Å². The number of nitrogens with zero attached hydrogens (tertiary/aromatic N) is 4. The van der Waals surface area contributed by atoms with E-state index in [9.17, 15) is 4.79 Å². The highest BCUT2D eigenvalue weighted by atomic mass is 16.2. The molecular formula is C21H24N4O. The minimum atomic E-state index is 0.0281. The second kappa shape index (κ2) is 6.56. The van der Waals surface area contributed by atoms with Gasteiger partial charge in [-0.1, -0.05) is 25.1 Å². The van der Waals surface area contributed by atoms with Crippen LogP contribution in [0, 0.1) is 19.8 Å². The number of para-hydroxylation sites is 1. The summed E-state index contributed by atoms with van der Waals surface area (Å²) >= 11 is 0. The van der Waals surface area contributed by atoms with Gasteiger partial charge in [-0.15, -0.1) is 0 Å². The molecule has 0 radical (unpaired) electrons. The van der Waals surface area contributed by atoms with Gasteiger partial charge in [-0.3, -0.25) is 4.79 Å². The van der Waals surface area contributed by atoms with Crippen LogP contribution in [0.4, 0.5) is 0 Å². The zero-order chi connectivity index (χ0) is 18.3. The molecule has 1 fully saturated rings. The molecule has 1 amide bonds. The van der Waals surface area contributed by atoms with Crippen molar-refractivity contribution in [1.82, 2.24) is 19.7 Å². The highest BCUT2D eigenvalue weighted by Crippen LogP contribution is 2.25. The maximum atomic E-state index is 13.0. The molecule has 4 rings (SSSR count). The van der Waals surface area contributed by atoms with Crippen LogP contribution in [-0.2, 0) is 0 Å². The molecule has 0 bridgehead atoms. The Morgan fingerprint density at radius 2 is 1.81 bits per heavy atom. The molecule has 1 aromatic carbocycles. The quantitative estimate of drug-likeness (QED) is 0.705. The Kier molecular flexibility index (Phi) is 4.23. The second-order valence-electron chi connectivity index (χ2n) is 7.33. The van der Waals surface area contributed by atoms with Gasteiger partial charge >= 0.3 is 0 Å². The number of carbonyl (C=O) groups is 1. The van der Waals surface area contributed by atoms with Gasteiger partial charge in [0.15, 0.2) is 5.65 Å². The van der Waals surface area contributed by atoms with Gasteiger partial charge in [-0.25, -0.2) is 9.67 Å². The molecule has 0 spiro atoms. The van der Waals surface area contributed by atoms with E-state index in [1.165, 1.54) is 0 Å². The molecule has 0 atom stereocenters. The third-order valence-electron chi connectivity index (χ3n) is 5.30. The van der Waals surface area contributed by atoms with Crippen molar-refractivity contribution < 1.29 is 4.79 Å². The summed E-state index contributed by atoms with van der Waals surface area (Å²) in [5, 5.41) is 5.70. The van der Waals surface area contributed by atoms with Crippen molar-refractivity contribution in [2.45, 2.75) is 33.6 Å². The fourth-order valence-electron chi connectivity index (χ4n) is 3.74. The maximum absolute atomic E-state index is 13.0. The Hall–Kier alpha value is -2.69. The minimum absolute atomic E-state index is 0.0281. The normalized spacial score (nSPS) is 15.6. The highest BCUT2D eigenvalue weighted by molar-refractivity contribution is 5.96. The van der Waals surface area contributed by atoms with E-state index in [0.29, 0.717) is 11.6 Å². The summed E-state index contributed by atoms with van der Waals surface area (Å²) in [6.45, 7) is 7.90. The van der Waals surface area contributed by atoms with E-state index in [1.807, 2.05) is 59.8 Å². The molecule has 1 aliphatic heterocycles. The first-order valence-electron chi connectivity index (χ1n) is 9.26. The van der Waals surface area contributed by atoms with Crippen LogP contribution in [0.3, 0.4) is 0 Å². The molecule has 2 aromatic heterocycles. The van der Waals surface area contributed by atoms with E-state index in [2.05, 4.69) is 12.0 Å². The Labute approximate surface area is 153 Å². The van der Waals surface area contributed by atoms with Gasteiger partial charge in [0.05, 0.1) is 11.4 Å². The minimum Gasteiger partial charge on any atom is -0.337 e. The maximum Gasteiger partial charge on any atom is 0.272 e. The Balaban J connectivity index is 1.79. The molecular weight excluding hydrogens is 324 g/mol. The number of aryl methyl sites for hydroxylation is 2. The first-order chi connectivity index (χ1) is 12.5. The lowest BCUT2D eigenvalue weighted by atomic mass is 9.99. The summed E-state index contributed by atoms with van der Waals surface area (Å²) in [5.41, 5.74) is 4.20. The summed E-state index contributed by atoms with van der Waals surface area (Å²) in [7, 11) is 0. The van der Waals surface area contributed by atoms with Crippen LogP contribution < -0.4 is 0 Å². The molecule has 0 unspecified atom stereocenters. The standard InChI is InChI=1S/C21H24N4O/c1-14-9-11-24(12-10-14)21(26)18-13-15(2)19-16(3)23-25(20(19)22-18)17-7-5-4-6-8-17/h4-8,13-14H,9-12H2,1-3H3. The number of benzene rings is 1. The van der Waals surface area contributed by atoms with Crippen molar-refractivity contribution >= 4 is 16.9 Å². The second-order valence-corrected chi connectivity index (χ2v) is 7.33. The molecule has 134 valence electrons. The SMILES string of the molecule is Cc1cc(C(=O)N2CCC(C)CC2)nc2c1c(C)nn2-c1ccccc1. The van der Waals surface area contributed by atoms with Crippen molar-refractivity contribution in [3.8, 4) is 5.69 Å². The zero-order valence-electron chi connectivity index (χ0n) is 15.6. The lowest BCUT2D eigenvalue weighted by molar-refractivity contribution is 0.0691. The van der Waals surface area contributed by atoms with Crippen molar-refractivity contribution in [3.05, 3.63) is 53.3 Å². The smallest absolute Gasteiger partial charge is 0.272 e. The highest BCUT2D eigenvalue weighted by Gasteiger charge is 2.24. The van der Waals surface area contributed by atoms with Crippen LogP contribution in [-0.4, -0.2) is 38.7 Å². The average Bonchev–Trinajstić information content (AvgIpc) is 2.99. The van der Waals surface area contributed by atoms with Gasteiger partial charge in [0.25, 0.3) is 5.91 Å². The third kappa shape index (κ3) is 2.87. The van der Waals surface area contributed by atoms with Gasteiger partial charge in [-0.05, 0) is 56.4 Å². The summed E-state index contributed by atoms with van der Waals surface area (Å²) in [4.78, 5) is 19.7. The number of pyridine rings is 1. The number of fused-ring (bicyclic) bond motifs is 1. The molecule has 0 aliphatic carbocycles. The van der Waals surface area contributed by atoms with Crippen molar-refractivity contribution in [2.75, 3.05) is 13.1 Å². The predicted molar refractivity (Wildman–Crippen MR) is 103 cm³/mol. The van der Waals surface area contributed by atoms with E-state index in [0.717, 1.165) is 53.9 Å². The zero-order valence-corrected chi connectivity index (χ0v) is 15.6. The number of likely N-dealkylation sites (tertiary alicyclic amines) is 1. The number of hydrogen-bond donors (Lipinski definition) is 0. The van der Waals surface area contributed by atoms with Crippen LogP contribution >= 0.6 is 0 Å². The lowest BCUT2D eigenvalue weighted by Gasteiger charge is -2.30. The largest absolute Gasteiger partial charge is 0.337 e. The molecule has 3 heterocycles. The van der Waals surface area contributed by atoms with E-state index in [1.54, 1.807) is 0 Å². The Morgan fingerprint density at radius 1 is 1.12 bits per heavy atom. The first-order valence-corrected chi connectivity index (χ1v) is 9.26. The molecule has 1 aliphatic rings. The number of aromatic nitrogens is 3. The molecule has 0 saturated carbocycles. The van der Waals surface area contributed by atoms with Crippen LogP contribution in [0.5, 0.6) is 0 Å². The first kappa shape index (κ1) is 16.8. The third-order valence-corrected chi connectivity index (χ3v) is 5.30. The van der Waals surface area contributed by atoms with Gasteiger partial charge in [0.1, 0.15) is 5.69 Å². The molecule has 1 saturated heterocycles. The fraction of sp³-hybridized carbons (Fsp3) is 0.381. The molecule has 0 N–H and O–H groups in total. The number of carbonyl (C=O) groups excluding carboxylic acids is 1. The summed E-state index contributed by atoms with van der Waals surface area (Å²) in [5.74, 6) is 0.721. The summed E-state index contributed by atoms with van der Waals surface area (Å²) in [6.07, 6.45) is 2.13. The topological polar surface area (TPSA) is 51.0 Å². The van der Waals surface area contributed by atoms with Crippen LogP contribution in [0.1, 0.15) is 41.5 Å². The van der Waals surface area contributed by atoms with Gasteiger partial charge < -0.3 is 4.90 Å². The van der Waals surface area contributed by atoms with Gasteiger partial charge in [0.2, 0.25) is 0 Å². The van der Waals surface area contributed by atoms with Crippen LogP contribution in [0.25, 0.3) is 16.7 Å². The lowest BCUT2D eigenvalue weighted by Crippen LogP contribution is -2.38. The van der Waals surface area contributed by atoms with Crippen molar-refractivity contribution in [1.29, 1.82) is 0 Å². The fourth-order valence-corrected chi connectivity index (χ4v) is 3.74. The van der Waals surface area contributed by atoms with Crippen molar-refractivity contribution in [2.24, 2.45) is 5.92 Å². The van der Waals surface area contributed by atoms with E-state index in [-0.39, 0.29) is 5.91 Å². The summed E-state index contributed by atoms with van der Waals surface area (Å²) < 4.78 is 1.84. The molecule has 5 heteroatoms.